The molecule has 0 radical (unpaired) electrons. The Morgan fingerprint density at radius 1 is 1.44 bits per heavy atom. The van der Waals surface area contributed by atoms with Crippen molar-refractivity contribution < 1.29 is 10.2 Å². The first kappa shape index (κ1) is 12.4. The van der Waals surface area contributed by atoms with E-state index >= 15 is 0 Å². The van der Waals surface area contributed by atoms with Crippen molar-refractivity contribution in [3.63, 3.8) is 0 Å². The summed E-state index contributed by atoms with van der Waals surface area (Å²) in [5.74, 6) is 0.474. The van der Waals surface area contributed by atoms with Crippen LogP contribution in [0.2, 0.25) is 0 Å². The van der Waals surface area contributed by atoms with Crippen LogP contribution in [-0.4, -0.2) is 33.9 Å². The van der Waals surface area contributed by atoms with Gasteiger partial charge in [-0.25, -0.2) is 4.98 Å². The summed E-state index contributed by atoms with van der Waals surface area (Å²) in [7, 11) is 0. The quantitative estimate of drug-likeness (QED) is 0.685. The van der Waals surface area contributed by atoms with Gasteiger partial charge in [-0.15, -0.1) is 0 Å². The van der Waals surface area contributed by atoms with Crippen LogP contribution in [0.1, 0.15) is 18.2 Å². The number of nitrogens with one attached hydrogen (secondary N) is 1. The molecule has 1 rings (SSSR count). The highest BCUT2D eigenvalue weighted by atomic mass is 16.3. The van der Waals surface area contributed by atoms with Gasteiger partial charge in [-0.2, -0.15) is 5.26 Å². The number of aryl methyl sites for hydroxylation is 1. The molecule has 0 amide bonds. The number of aromatic nitrogens is 1. The van der Waals surface area contributed by atoms with Crippen LogP contribution in [-0.2, 0) is 0 Å². The number of hydrogen-bond donors (Lipinski definition) is 3. The molecule has 0 saturated heterocycles. The van der Waals surface area contributed by atoms with Gasteiger partial charge in [0.25, 0.3) is 0 Å². The lowest BCUT2D eigenvalue weighted by molar-refractivity contribution is 0.147. The van der Waals surface area contributed by atoms with Crippen molar-refractivity contribution in [2.75, 3.05) is 18.5 Å². The van der Waals surface area contributed by atoms with E-state index in [1.54, 1.807) is 26.0 Å². The summed E-state index contributed by atoms with van der Waals surface area (Å²) in [6, 6.07) is 5.27. The summed E-state index contributed by atoms with van der Waals surface area (Å²) >= 11 is 0. The monoisotopic (exact) mass is 221 g/mol. The second-order valence-electron chi connectivity index (χ2n) is 4.00. The number of aliphatic hydroxyl groups is 2. The average Bonchev–Trinajstić information content (AvgIpc) is 2.28. The zero-order chi connectivity index (χ0) is 12.2. The smallest absolute Gasteiger partial charge is 0.128 e. The molecule has 5 heteroatoms. The minimum atomic E-state index is -0.840. The van der Waals surface area contributed by atoms with Gasteiger partial charge in [-0.1, -0.05) is 0 Å². The van der Waals surface area contributed by atoms with Crippen molar-refractivity contribution in [1.29, 1.82) is 5.26 Å². The van der Waals surface area contributed by atoms with E-state index in [0.29, 0.717) is 17.1 Å². The van der Waals surface area contributed by atoms with Crippen molar-refractivity contribution >= 4 is 5.82 Å². The Labute approximate surface area is 94.4 Å². The molecule has 0 spiro atoms. The summed E-state index contributed by atoms with van der Waals surface area (Å²) in [6.07, 6.45) is 0. The molecule has 0 saturated carbocycles. The van der Waals surface area contributed by atoms with Gasteiger partial charge in [0.05, 0.1) is 30.4 Å². The topological polar surface area (TPSA) is 89.2 Å². The highest BCUT2D eigenvalue weighted by Crippen LogP contribution is 2.15. The maximum atomic E-state index is 9.13. The van der Waals surface area contributed by atoms with Crippen LogP contribution in [0.3, 0.4) is 0 Å². The van der Waals surface area contributed by atoms with Crippen molar-refractivity contribution in [2.45, 2.75) is 19.4 Å². The van der Waals surface area contributed by atoms with Crippen LogP contribution in [0.15, 0.2) is 12.1 Å². The normalized spacial score (nSPS) is 10.9. The highest BCUT2D eigenvalue weighted by Gasteiger charge is 2.22. The Balaban J connectivity index is 2.97. The summed E-state index contributed by atoms with van der Waals surface area (Å²) in [5.41, 5.74) is 0.362. The zero-order valence-corrected chi connectivity index (χ0v) is 9.36. The first-order valence-corrected chi connectivity index (χ1v) is 4.92. The summed E-state index contributed by atoms with van der Waals surface area (Å²) < 4.78 is 0. The number of hydrogen-bond acceptors (Lipinski definition) is 5. The Bertz CT molecular complexity index is 408. The molecule has 86 valence electrons. The molecule has 0 aliphatic rings. The molecule has 0 fully saturated rings. The predicted molar refractivity (Wildman–Crippen MR) is 59.9 cm³/mol. The lowest BCUT2D eigenvalue weighted by atomic mass is 10.1. The van der Waals surface area contributed by atoms with E-state index in [4.69, 9.17) is 15.5 Å². The van der Waals surface area contributed by atoms with Crippen molar-refractivity contribution in [3.8, 4) is 6.07 Å². The average molecular weight is 221 g/mol. The molecule has 0 atom stereocenters. The van der Waals surface area contributed by atoms with Crippen LogP contribution in [0, 0.1) is 18.3 Å². The maximum Gasteiger partial charge on any atom is 0.128 e. The standard InChI is InChI=1S/C11H15N3O2/c1-8-3-9(5-12)4-10(13-8)14-11(2,6-15)7-16/h3-4,15-16H,6-7H2,1-2H3,(H,13,14). The SMILES string of the molecule is Cc1cc(C#N)cc(NC(C)(CO)CO)n1. The Hall–Kier alpha value is -1.64. The number of anilines is 1. The lowest BCUT2D eigenvalue weighted by Gasteiger charge is -2.26. The summed E-state index contributed by atoms with van der Waals surface area (Å²) in [4.78, 5) is 4.18. The number of rotatable bonds is 4. The van der Waals surface area contributed by atoms with Gasteiger partial charge in [0, 0.05) is 5.69 Å². The van der Waals surface area contributed by atoms with Gasteiger partial charge >= 0.3 is 0 Å². The molecule has 0 aliphatic carbocycles. The molecule has 0 aromatic carbocycles. The van der Waals surface area contributed by atoms with Crippen molar-refractivity contribution in [1.82, 2.24) is 4.98 Å². The molecule has 0 bridgehead atoms. The van der Waals surface area contributed by atoms with Crippen LogP contribution in [0.25, 0.3) is 0 Å². The molecule has 5 nitrogen and oxygen atoms in total. The van der Waals surface area contributed by atoms with Crippen LogP contribution < -0.4 is 5.32 Å². The van der Waals surface area contributed by atoms with E-state index in [9.17, 15) is 0 Å². The largest absolute Gasteiger partial charge is 0.394 e. The predicted octanol–water partition coefficient (Wildman–Crippen LogP) is 0.417. The Kier molecular flexibility index (Phi) is 3.82. The minimum absolute atomic E-state index is 0.221. The number of nitriles is 1. The van der Waals surface area contributed by atoms with E-state index in [-0.39, 0.29) is 13.2 Å². The number of nitrogens with zero attached hydrogens (tertiary/aromatic N) is 2. The van der Waals surface area contributed by atoms with Crippen LogP contribution >= 0.6 is 0 Å². The molecular formula is C11H15N3O2. The fourth-order valence-corrected chi connectivity index (χ4v) is 1.24. The number of pyridine rings is 1. The molecule has 16 heavy (non-hydrogen) atoms. The van der Waals surface area contributed by atoms with E-state index in [0.717, 1.165) is 0 Å². The molecule has 0 aliphatic heterocycles. The van der Waals surface area contributed by atoms with Gasteiger partial charge < -0.3 is 15.5 Å². The second-order valence-corrected chi connectivity index (χ2v) is 4.00. The number of aliphatic hydroxyl groups excluding tert-OH is 2. The highest BCUT2D eigenvalue weighted by molar-refractivity contribution is 5.46. The summed E-state index contributed by atoms with van der Waals surface area (Å²) in [6.45, 7) is 3.01. The summed E-state index contributed by atoms with van der Waals surface area (Å²) in [5, 5.41) is 30.0. The first-order chi connectivity index (χ1) is 7.53. The molecule has 1 aromatic rings. The third-order valence-electron chi connectivity index (χ3n) is 2.21. The van der Waals surface area contributed by atoms with Crippen LogP contribution in [0.4, 0.5) is 5.82 Å². The molecule has 1 aromatic heterocycles. The zero-order valence-electron chi connectivity index (χ0n) is 9.36. The van der Waals surface area contributed by atoms with Crippen molar-refractivity contribution in [3.05, 3.63) is 23.4 Å². The molecule has 1 heterocycles. The van der Waals surface area contributed by atoms with Gasteiger partial charge in [0.1, 0.15) is 5.82 Å². The van der Waals surface area contributed by atoms with E-state index in [1.807, 2.05) is 6.07 Å². The third-order valence-corrected chi connectivity index (χ3v) is 2.21. The van der Waals surface area contributed by atoms with Gasteiger partial charge in [0.15, 0.2) is 0 Å². The minimum Gasteiger partial charge on any atom is -0.394 e. The Morgan fingerprint density at radius 3 is 2.56 bits per heavy atom. The second kappa shape index (κ2) is 4.92. The fraction of sp³-hybridized carbons (Fsp3) is 0.455. The van der Waals surface area contributed by atoms with Gasteiger partial charge in [0.2, 0.25) is 0 Å². The molecular weight excluding hydrogens is 206 g/mol. The molecule has 0 unspecified atom stereocenters. The maximum absolute atomic E-state index is 9.13. The lowest BCUT2D eigenvalue weighted by Crippen LogP contribution is -2.42. The molecule has 3 N–H and O–H groups in total. The van der Waals surface area contributed by atoms with E-state index in [2.05, 4.69) is 10.3 Å². The van der Waals surface area contributed by atoms with E-state index < -0.39 is 5.54 Å². The van der Waals surface area contributed by atoms with Crippen molar-refractivity contribution in [2.24, 2.45) is 0 Å². The first-order valence-electron chi connectivity index (χ1n) is 4.92. The van der Waals surface area contributed by atoms with Gasteiger partial charge in [-0.05, 0) is 26.0 Å². The third kappa shape index (κ3) is 2.92. The Morgan fingerprint density at radius 2 is 2.06 bits per heavy atom. The fourth-order valence-electron chi connectivity index (χ4n) is 1.24. The van der Waals surface area contributed by atoms with Crippen LogP contribution in [0.5, 0.6) is 0 Å². The van der Waals surface area contributed by atoms with Gasteiger partial charge in [-0.3, -0.25) is 0 Å². The van der Waals surface area contributed by atoms with E-state index in [1.165, 1.54) is 0 Å².